The Hall–Kier alpha value is -1.99. The first-order valence-electron chi connectivity index (χ1n) is 5.69. The van der Waals surface area contributed by atoms with Crippen molar-refractivity contribution in [3.05, 3.63) is 28.5 Å². The van der Waals surface area contributed by atoms with E-state index < -0.39 is 30.0 Å². The Bertz CT molecular complexity index is 605. The van der Waals surface area contributed by atoms with Gasteiger partial charge in [0.25, 0.3) is 11.7 Å². The number of halogens is 2. The largest absolute Gasteiger partial charge is 0.395 e. The molecule has 2 amide bonds. The SMILES string of the molecule is O=C(CN1C(=O)C(=O)c2c(Cl)ccc(F)c21)NCCO. The first kappa shape index (κ1) is 14.4. The van der Waals surface area contributed by atoms with Crippen LogP contribution in [0, 0.1) is 5.82 Å². The van der Waals surface area contributed by atoms with E-state index in [-0.39, 0.29) is 29.4 Å². The fraction of sp³-hybridized carbons (Fsp3) is 0.250. The number of benzene rings is 1. The zero-order valence-corrected chi connectivity index (χ0v) is 10.9. The lowest BCUT2D eigenvalue weighted by Gasteiger charge is -2.16. The molecule has 8 heteroatoms. The molecule has 0 aliphatic carbocycles. The molecular weight excluding hydrogens is 291 g/mol. The Morgan fingerprint density at radius 3 is 2.75 bits per heavy atom. The van der Waals surface area contributed by atoms with Gasteiger partial charge in [-0.3, -0.25) is 19.3 Å². The number of fused-ring (bicyclic) bond motifs is 1. The molecule has 0 atom stereocenters. The standard InChI is InChI=1S/C12H10ClFN2O4/c13-6-1-2-7(14)10-9(6)11(19)12(20)16(10)5-8(18)15-3-4-17/h1-2,17H,3-5H2,(H,15,18). The van der Waals surface area contributed by atoms with E-state index in [1.807, 2.05) is 0 Å². The molecule has 1 aromatic rings. The van der Waals surface area contributed by atoms with Crippen LogP contribution in [-0.4, -0.2) is 42.4 Å². The lowest BCUT2D eigenvalue weighted by molar-refractivity contribution is -0.122. The first-order chi connectivity index (χ1) is 9.47. The minimum absolute atomic E-state index is 0.000302. The number of anilines is 1. The van der Waals surface area contributed by atoms with Crippen LogP contribution in [0.25, 0.3) is 0 Å². The number of Topliss-reactive ketones (excluding diaryl/α,β-unsaturated/α-hetero) is 1. The fourth-order valence-corrected chi connectivity index (χ4v) is 2.14. The van der Waals surface area contributed by atoms with Crippen molar-refractivity contribution < 1.29 is 23.9 Å². The molecule has 0 spiro atoms. The van der Waals surface area contributed by atoms with Gasteiger partial charge in [-0.1, -0.05) is 11.6 Å². The zero-order valence-electron chi connectivity index (χ0n) is 10.2. The fourth-order valence-electron chi connectivity index (χ4n) is 1.90. The topological polar surface area (TPSA) is 86.7 Å². The van der Waals surface area contributed by atoms with E-state index in [1.165, 1.54) is 6.07 Å². The summed E-state index contributed by atoms with van der Waals surface area (Å²) in [5.74, 6) is -3.38. The first-order valence-corrected chi connectivity index (χ1v) is 6.07. The Labute approximate surface area is 118 Å². The van der Waals surface area contributed by atoms with Gasteiger partial charge in [0.05, 0.1) is 22.9 Å². The number of aliphatic hydroxyl groups is 1. The molecule has 0 saturated heterocycles. The van der Waals surface area contributed by atoms with Crippen molar-refractivity contribution >= 4 is 34.9 Å². The molecular formula is C12H10ClFN2O4. The molecule has 0 aromatic heterocycles. The summed E-state index contributed by atoms with van der Waals surface area (Å²) in [6, 6.07) is 2.20. The maximum atomic E-state index is 13.8. The van der Waals surface area contributed by atoms with E-state index in [4.69, 9.17) is 16.7 Å². The van der Waals surface area contributed by atoms with E-state index in [0.29, 0.717) is 0 Å². The van der Waals surface area contributed by atoms with Gasteiger partial charge in [-0.2, -0.15) is 0 Å². The minimum atomic E-state index is -1.01. The Balaban J connectivity index is 2.34. The molecule has 2 N–H and O–H groups in total. The lowest BCUT2D eigenvalue weighted by atomic mass is 10.1. The van der Waals surface area contributed by atoms with Gasteiger partial charge in [-0.15, -0.1) is 0 Å². The number of hydrogen-bond acceptors (Lipinski definition) is 4. The molecule has 1 heterocycles. The van der Waals surface area contributed by atoms with Crippen LogP contribution in [-0.2, 0) is 9.59 Å². The highest BCUT2D eigenvalue weighted by atomic mass is 35.5. The average Bonchev–Trinajstić information content (AvgIpc) is 2.67. The minimum Gasteiger partial charge on any atom is -0.395 e. The predicted octanol–water partition coefficient (Wildman–Crippen LogP) is 0.117. The monoisotopic (exact) mass is 300 g/mol. The number of ketones is 1. The number of carbonyl (C=O) groups is 3. The number of amides is 2. The van der Waals surface area contributed by atoms with Crippen molar-refractivity contribution in [2.45, 2.75) is 0 Å². The van der Waals surface area contributed by atoms with Gasteiger partial charge in [-0.25, -0.2) is 4.39 Å². The number of rotatable bonds is 4. The number of aliphatic hydroxyl groups excluding tert-OH is 1. The second kappa shape index (κ2) is 5.56. The maximum Gasteiger partial charge on any atom is 0.300 e. The van der Waals surface area contributed by atoms with E-state index >= 15 is 0 Å². The van der Waals surface area contributed by atoms with Crippen LogP contribution in [0.2, 0.25) is 5.02 Å². The Morgan fingerprint density at radius 1 is 1.40 bits per heavy atom. The van der Waals surface area contributed by atoms with Crippen molar-refractivity contribution in [1.29, 1.82) is 0 Å². The smallest absolute Gasteiger partial charge is 0.300 e. The third-order valence-corrected chi connectivity index (χ3v) is 3.06. The van der Waals surface area contributed by atoms with Gasteiger partial charge >= 0.3 is 0 Å². The van der Waals surface area contributed by atoms with E-state index in [0.717, 1.165) is 11.0 Å². The summed E-state index contributed by atoms with van der Waals surface area (Å²) in [5, 5.41) is 10.8. The summed E-state index contributed by atoms with van der Waals surface area (Å²) in [7, 11) is 0. The highest BCUT2D eigenvalue weighted by Gasteiger charge is 2.40. The van der Waals surface area contributed by atoms with Gasteiger partial charge in [0.15, 0.2) is 0 Å². The number of hydrogen-bond donors (Lipinski definition) is 2. The molecule has 6 nitrogen and oxygen atoms in total. The van der Waals surface area contributed by atoms with Crippen LogP contribution in [0.15, 0.2) is 12.1 Å². The Morgan fingerprint density at radius 2 is 2.10 bits per heavy atom. The molecule has 0 bridgehead atoms. The molecule has 0 saturated carbocycles. The second-order valence-electron chi connectivity index (χ2n) is 4.05. The molecule has 2 rings (SSSR count). The average molecular weight is 301 g/mol. The second-order valence-corrected chi connectivity index (χ2v) is 4.45. The van der Waals surface area contributed by atoms with Crippen LogP contribution in [0.4, 0.5) is 10.1 Å². The Kier molecular flexibility index (Phi) is 4.01. The van der Waals surface area contributed by atoms with E-state index in [1.54, 1.807) is 0 Å². The van der Waals surface area contributed by atoms with Crippen molar-refractivity contribution in [2.75, 3.05) is 24.6 Å². The van der Waals surface area contributed by atoms with Crippen molar-refractivity contribution in [3.8, 4) is 0 Å². The van der Waals surface area contributed by atoms with Crippen molar-refractivity contribution in [3.63, 3.8) is 0 Å². The van der Waals surface area contributed by atoms with Crippen LogP contribution < -0.4 is 10.2 Å². The van der Waals surface area contributed by atoms with Crippen molar-refractivity contribution in [2.24, 2.45) is 0 Å². The summed E-state index contributed by atoms with van der Waals surface area (Å²) >= 11 is 5.79. The highest BCUT2D eigenvalue weighted by Crippen LogP contribution is 2.36. The number of carbonyl (C=O) groups excluding carboxylic acids is 3. The molecule has 0 radical (unpaired) electrons. The van der Waals surface area contributed by atoms with Crippen LogP contribution in [0.3, 0.4) is 0 Å². The van der Waals surface area contributed by atoms with Gasteiger partial charge in [-0.05, 0) is 12.1 Å². The lowest BCUT2D eigenvalue weighted by Crippen LogP contribution is -2.41. The zero-order chi connectivity index (χ0) is 14.9. The summed E-state index contributed by atoms with van der Waals surface area (Å²) in [6.45, 7) is -0.788. The van der Waals surface area contributed by atoms with Gasteiger partial charge in [0.1, 0.15) is 12.4 Å². The van der Waals surface area contributed by atoms with Gasteiger partial charge in [0.2, 0.25) is 5.91 Å². The quantitative estimate of drug-likeness (QED) is 0.773. The van der Waals surface area contributed by atoms with Crippen LogP contribution in [0.1, 0.15) is 10.4 Å². The molecule has 20 heavy (non-hydrogen) atoms. The number of nitrogens with one attached hydrogen (secondary N) is 1. The molecule has 0 fully saturated rings. The molecule has 0 unspecified atom stereocenters. The summed E-state index contributed by atoms with van der Waals surface area (Å²) < 4.78 is 13.8. The third-order valence-electron chi connectivity index (χ3n) is 2.75. The summed E-state index contributed by atoms with van der Waals surface area (Å²) in [4.78, 5) is 35.8. The van der Waals surface area contributed by atoms with Gasteiger partial charge < -0.3 is 10.4 Å². The molecule has 1 aliphatic heterocycles. The number of nitrogens with zero attached hydrogens (tertiary/aromatic N) is 1. The van der Waals surface area contributed by atoms with Crippen molar-refractivity contribution in [1.82, 2.24) is 5.32 Å². The van der Waals surface area contributed by atoms with Crippen LogP contribution in [0.5, 0.6) is 0 Å². The van der Waals surface area contributed by atoms with E-state index in [2.05, 4.69) is 5.32 Å². The molecule has 106 valence electrons. The van der Waals surface area contributed by atoms with Gasteiger partial charge in [0, 0.05) is 6.54 Å². The normalized spacial score (nSPS) is 13.7. The third kappa shape index (κ3) is 2.37. The maximum absolute atomic E-state index is 13.8. The van der Waals surface area contributed by atoms with E-state index in [9.17, 15) is 18.8 Å². The summed E-state index contributed by atoms with van der Waals surface area (Å²) in [6.07, 6.45) is 0. The highest BCUT2D eigenvalue weighted by molar-refractivity contribution is 6.55. The predicted molar refractivity (Wildman–Crippen MR) is 68.2 cm³/mol. The molecule has 1 aliphatic rings. The molecule has 1 aromatic carbocycles. The van der Waals surface area contributed by atoms with Crippen LogP contribution >= 0.6 is 11.6 Å². The summed E-state index contributed by atoms with van der Waals surface area (Å²) in [5.41, 5.74) is -0.515.